The van der Waals surface area contributed by atoms with Crippen LogP contribution in [0.15, 0.2) is 48.5 Å². The number of aliphatic hydroxyl groups excluding tert-OH is 1. The first-order valence-corrected chi connectivity index (χ1v) is 6.13. The van der Waals surface area contributed by atoms with Crippen molar-refractivity contribution >= 4 is 0 Å². The Bertz CT molecular complexity index is 579. The molecule has 0 spiro atoms. The van der Waals surface area contributed by atoms with Gasteiger partial charge < -0.3 is 14.6 Å². The third-order valence-electron chi connectivity index (χ3n) is 2.64. The van der Waals surface area contributed by atoms with Crippen molar-refractivity contribution in [2.75, 3.05) is 0 Å². The average molecular weight is 298 g/mol. The van der Waals surface area contributed by atoms with E-state index in [2.05, 4.69) is 4.74 Å². The zero-order chi connectivity index (χ0) is 15.3. The van der Waals surface area contributed by atoms with Gasteiger partial charge in [0.2, 0.25) is 0 Å². The van der Waals surface area contributed by atoms with Crippen molar-refractivity contribution in [1.82, 2.24) is 0 Å². The minimum Gasteiger partial charge on any atom is -0.489 e. The van der Waals surface area contributed by atoms with Crippen molar-refractivity contribution in [3.05, 3.63) is 59.7 Å². The van der Waals surface area contributed by atoms with E-state index >= 15 is 0 Å². The Morgan fingerprint density at radius 2 is 1.62 bits per heavy atom. The lowest BCUT2D eigenvalue weighted by Crippen LogP contribution is -2.17. The van der Waals surface area contributed by atoms with Crippen LogP contribution in [0.3, 0.4) is 0 Å². The van der Waals surface area contributed by atoms with Gasteiger partial charge in [-0.3, -0.25) is 0 Å². The first-order valence-electron chi connectivity index (χ1n) is 6.13. The number of ether oxygens (including phenoxy) is 2. The monoisotopic (exact) mass is 298 g/mol. The molecule has 0 amide bonds. The predicted molar refractivity (Wildman–Crippen MR) is 69.8 cm³/mol. The highest BCUT2D eigenvalue weighted by Gasteiger charge is 2.30. The van der Waals surface area contributed by atoms with E-state index in [9.17, 15) is 13.2 Å². The highest BCUT2D eigenvalue weighted by atomic mass is 19.4. The molecule has 0 aliphatic carbocycles. The fourth-order valence-corrected chi connectivity index (χ4v) is 1.69. The normalized spacial score (nSPS) is 11.2. The SMILES string of the molecule is OCc1cccc(OCc2ccc(OC(F)(F)F)cc2)c1. The first-order chi connectivity index (χ1) is 9.96. The highest BCUT2D eigenvalue weighted by Crippen LogP contribution is 2.23. The summed E-state index contributed by atoms with van der Waals surface area (Å²) in [6.07, 6.45) is -4.69. The smallest absolute Gasteiger partial charge is 0.489 e. The Morgan fingerprint density at radius 1 is 0.905 bits per heavy atom. The number of halogens is 3. The molecule has 0 unspecified atom stereocenters. The van der Waals surface area contributed by atoms with Crippen LogP contribution >= 0.6 is 0 Å². The molecule has 0 aromatic heterocycles. The molecule has 6 heteroatoms. The van der Waals surface area contributed by atoms with E-state index in [1.54, 1.807) is 24.3 Å². The topological polar surface area (TPSA) is 38.7 Å². The van der Waals surface area contributed by atoms with Crippen LogP contribution < -0.4 is 9.47 Å². The lowest BCUT2D eigenvalue weighted by Gasteiger charge is -2.10. The number of rotatable bonds is 5. The van der Waals surface area contributed by atoms with Crippen LogP contribution in [0.25, 0.3) is 0 Å². The lowest BCUT2D eigenvalue weighted by atomic mass is 10.2. The molecule has 112 valence electrons. The Balaban J connectivity index is 1.94. The second-order valence-corrected chi connectivity index (χ2v) is 4.29. The van der Waals surface area contributed by atoms with Crippen molar-refractivity contribution in [3.8, 4) is 11.5 Å². The van der Waals surface area contributed by atoms with Crippen LogP contribution in [-0.4, -0.2) is 11.5 Å². The van der Waals surface area contributed by atoms with Gasteiger partial charge in [0.15, 0.2) is 0 Å². The summed E-state index contributed by atoms with van der Waals surface area (Å²) in [4.78, 5) is 0. The summed E-state index contributed by atoms with van der Waals surface area (Å²) in [6, 6.07) is 12.4. The Hall–Kier alpha value is -2.21. The number of benzene rings is 2. The second kappa shape index (κ2) is 6.49. The van der Waals surface area contributed by atoms with Gasteiger partial charge in [-0.15, -0.1) is 13.2 Å². The Morgan fingerprint density at radius 3 is 2.24 bits per heavy atom. The van der Waals surface area contributed by atoms with Crippen LogP contribution in [0.1, 0.15) is 11.1 Å². The van der Waals surface area contributed by atoms with E-state index in [-0.39, 0.29) is 19.0 Å². The fourth-order valence-electron chi connectivity index (χ4n) is 1.69. The molecule has 21 heavy (non-hydrogen) atoms. The molecule has 0 fully saturated rings. The van der Waals surface area contributed by atoms with Gasteiger partial charge in [0.25, 0.3) is 0 Å². The van der Waals surface area contributed by atoms with Crippen LogP contribution in [0.5, 0.6) is 11.5 Å². The highest BCUT2D eigenvalue weighted by molar-refractivity contribution is 5.30. The van der Waals surface area contributed by atoms with E-state index in [1.165, 1.54) is 24.3 Å². The molecular weight excluding hydrogens is 285 g/mol. The van der Waals surface area contributed by atoms with Gasteiger partial charge in [0.05, 0.1) is 6.61 Å². The molecule has 2 aromatic rings. The molecule has 0 saturated carbocycles. The standard InChI is InChI=1S/C15H13F3O3/c16-15(17,18)21-13-6-4-11(5-7-13)10-20-14-3-1-2-12(8-14)9-19/h1-8,19H,9-10H2. The summed E-state index contributed by atoms with van der Waals surface area (Å²) in [5.74, 6) is 0.311. The Labute approximate surface area is 119 Å². The fraction of sp³-hybridized carbons (Fsp3) is 0.200. The molecule has 1 N–H and O–H groups in total. The van der Waals surface area contributed by atoms with Gasteiger partial charge in [-0.05, 0) is 35.4 Å². The molecule has 0 heterocycles. The number of hydrogen-bond donors (Lipinski definition) is 1. The molecule has 0 radical (unpaired) electrons. The maximum Gasteiger partial charge on any atom is 0.573 e. The molecule has 2 rings (SSSR count). The van der Waals surface area contributed by atoms with Crippen molar-refractivity contribution < 1.29 is 27.8 Å². The summed E-state index contributed by atoms with van der Waals surface area (Å²) < 4.78 is 45.3. The second-order valence-electron chi connectivity index (χ2n) is 4.29. The van der Waals surface area contributed by atoms with Crippen LogP contribution in [0.2, 0.25) is 0 Å². The van der Waals surface area contributed by atoms with Gasteiger partial charge in [-0.2, -0.15) is 0 Å². The van der Waals surface area contributed by atoms with E-state index in [1.807, 2.05) is 0 Å². The van der Waals surface area contributed by atoms with Gasteiger partial charge in [0, 0.05) is 0 Å². The lowest BCUT2D eigenvalue weighted by molar-refractivity contribution is -0.274. The van der Waals surface area contributed by atoms with E-state index in [0.29, 0.717) is 11.3 Å². The van der Waals surface area contributed by atoms with E-state index in [0.717, 1.165) is 5.56 Å². The van der Waals surface area contributed by atoms with Gasteiger partial charge in [-0.1, -0.05) is 24.3 Å². The van der Waals surface area contributed by atoms with Crippen molar-refractivity contribution in [1.29, 1.82) is 0 Å². The minimum absolute atomic E-state index is 0.0827. The Kier molecular flexibility index (Phi) is 4.70. The summed E-state index contributed by atoms with van der Waals surface area (Å²) in [6.45, 7) is 0.127. The zero-order valence-corrected chi connectivity index (χ0v) is 10.9. The molecule has 2 aromatic carbocycles. The summed E-state index contributed by atoms with van der Waals surface area (Å²) in [5, 5.41) is 9.01. The first kappa shape index (κ1) is 15.2. The van der Waals surface area contributed by atoms with Gasteiger partial charge in [-0.25, -0.2) is 0 Å². The maximum atomic E-state index is 12.0. The molecule has 0 aliphatic heterocycles. The average Bonchev–Trinajstić information content (AvgIpc) is 2.45. The zero-order valence-electron chi connectivity index (χ0n) is 10.9. The number of alkyl halides is 3. The number of hydrogen-bond acceptors (Lipinski definition) is 3. The quantitative estimate of drug-likeness (QED) is 0.915. The third-order valence-corrected chi connectivity index (χ3v) is 2.64. The van der Waals surface area contributed by atoms with Crippen molar-refractivity contribution in [3.63, 3.8) is 0 Å². The molecule has 3 nitrogen and oxygen atoms in total. The maximum absolute atomic E-state index is 12.0. The third kappa shape index (κ3) is 5.00. The van der Waals surface area contributed by atoms with Crippen molar-refractivity contribution in [2.24, 2.45) is 0 Å². The van der Waals surface area contributed by atoms with E-state index in [4.69, 9.17) is 9.84 Å². The van der Waals surface area contributed by atoms with Crippen molar-refractivity contribution in [2.45, 2.75) is 19.6 Å². The molecule has 0 aliphatic rings. The van der Waals surface area contributed by atoms with Crippen LogP contribution in [0.4, 0.5) is 13.2 Å². The largest absolute Gasteiger partial charge is 0.573 e. The van der Waals surface area contributed by atoms with E-state index < -0.39 is 6.36 Å². The summed E-state index contributed by atoms with van der Waals surface area (Å²) in [7, 11) is 0. The number of aliphatic hydroxyl groups is 1. The minimum atomic E-state index is -4.69. The summed E-state index contributed by atoms with van der Waals surface area (Å²) in [5.41, 5.74) is 1.43. The summed E-state index contributed by atoms with van der Waals surface area (Å²) >= 11 is 0. The van der Waals surface area contributed by atoms with Gasteiger partial charge in [0.1, 0.15) is 18.1 Å². The van der Waals surface area contributed by atoms with Crippen LogP contribution in [0, 0.1) is 0 Å². The molecule has 0 atom stereocenters. The molecule has 0 saturated heterocycles. The molecule has 0 bridgehead atoms. The molecular formula is C15H13F3O3. The van der Waals surface area contributed by atoms with Gasteiger partial charge >= 0.3 is 6.36 Å². The van der Waals surface area contributed by atoms with Crippen LogP contribution in [-0.2, 0) is 13.2 Å². The predicted octanol–water partition coefficient (Wildman–Crippen LogP) is 3.66.